The van der Waals surface area contributed by atoms with Gasteiger partial charge in [0.05, 0.1) is 33.8 Å². The van der Waals surface area contributed by atoms with Crippen LogP contribution in [0, 0.1) is 0 Å². The highest BCUT2D eigenvalue weighted by Crippen LogP contribution is 2.43. The topological polar surface area (TPSA) is 42.0 Å². The highest BCUT2D eigenvalue weighted by atomic mass is 32.2. The Labute approximate surface area is 181 Å². The SMILES string of the molecule is O=S1c2ccc(OCCCN3CCC3)cc2-c2ccc(OCCCN3CCC3)cc21. The van der Waals surface area contributed by atoms with Gasteiger partial charge in [-0.3, -0.25) is 0 Å². The number of ether oxygens (including phenoxy) is 2. The molecule has 160 valence electrons. The molecule has 6 heteroatoms. The van der Waals surface area contributed by atoms with E-state index in [1.54, 1.807) is 0 Å². The summed E-state index contributed by atoms with van der Waals surface area (Å²) in [6, 6.07) is 11.9. The van der Waals surface area contributed by atoms with Gasteiger partial charge in [-0.2, -0.15) is 0 Å². The van der Waals surface area contributed by atoms with E-state index in [1.807, 2.05) is 36.4 Å². The second-order valence-corrected chi connectivity index (χ2v) is 9.80. The van der Waals surface area contributed by atoms with E-state index in [4.69, 9.17) is 9.47 Å². The van der Waals surface area contributed by atoms with Crippen molar-refractivity contribution >= 4 is 10.8 Å². The molecule has 2 fully saturated rings. The van der Waals surface area contributed by atoms with Gasteiger partial charge in [0.2, 0.25) is 0 Å². The summed E-state index contributed by atoms with van der Waals surface area (Å²) in [7, 11) is -1.16. The van der Waals surface area contributed by atoms with Crippen LogP contribution in [0.5, 0.6) is 11.5 Å². The van der Waals surface area contributed by atoms with Crippen molar-refractivity contribution in [3.05, 3.63) is 36.4 Å². The molecule has 5 nitrogen and oxygen atoms in total. The van der Waals surface area contributed by atoms with Gasteiger partial charge >= 0.3 is 0 Å². The summed E-state index contributed by atoms with van der Waals surface area (Å²) in [5, 5.41) is 0. The Morgan fingerprint density at radius 2 is 1.33 bits per heavy atom. The number of likely N-dealkylation sites (tertiary alicyclic amines) is 2. The van der Waals surface area contributed by atoms with E-state index >= 15 is 0 Å². The summed E-state index contributed by atoms with van der Waals surface area (Å²) in [5.74, 6) is 1.66. The van der Waals surface area contributed by atoms with Crippen molar-refractivity contribution in [3.63, 3.8) is 0 Å². The van der Waals surface area contributed by atoms with Gasteiger partial charge in [-0.1, -0.05) is 0 Å². The van der Waals surface area contributed by atoms with Gasteiger partial charge in [0, 0.05) is 18.7 Å². The lowest BCUT2D eigenvalue weighted by atomic mass is 10.1. The number of nitrogens with zero attached hydrogens (tertiary/aromatic N) is 2. The van der Waals surface area contributed by atoms with Crippen LogP contribution < -0.4 is 9.47 Å². The van der Waals surface area contributed by atoms with Gasteiger partial charge < -0.3 is 19.3 Å². The maximum Gasteiger partial charge on any atom is 0.120 e. The van der Waals surface area contributed by atoms with E-state index in [-0.39, 0.29) is 0 Å². The van der Waals surface area contributed by atoms with Gasteiger partial charge in [0.15, 0.2) is 0 Å². The van der Waals surface area contributed by atoms with E-state index in [2.05, 4.69) is 9.80 Å². The van der Waals surface area contributed by atoms with Crippen molar-refractivity contribution in [1.29, 1.82) is 0 Å². The van der Waals surface area contributed by atoms with Crippen molar-refractivity contribution in [1.82, 2.24) is 9.80 Å². The highest BCUT2D eigenvalue weighted by Gasteiger charge is 2.26. The molecule has 0 amide bonds. The second kappa shape index (κ2) is 9.08. The van der Waals surface area contributed by atoms with Crippen LogP contribution in [-0.2, 0) is 10.8 Å². The predicted octanol–water partition coefficient (Wildman–Crippen LogP) is 3.78. The molecule has 2 aromatic carbocycles. The number of hydrogen-bond donors (Lipinski definition) is 0. The third-order valence-electron chi connectivity index (χ3n) is 6.27. The molecule has 3 heterocycles. The third-order valence-corrected chi connectivity index (χ3v) is 7.76. The molecule has 1 unspecified atom stereocenters. The van der Waals surface area contributed by atoms with Crippen molar-refractivity contribution in [2.45, 2.75) is 35.5 Å². The van der Waals surface area contributed by atoms with Gasteiger partial charge in [-0.25, -0.2) is 4.21 Å². The average Bonchev–Trinajstić information content (AvgIpc) is 2.96. The number of hydrogen-bond acceptors (Lipinski definition) is 5. The average molecular weight is 427 g/mol. The molecular weight excluding hydrogens is 396 g/mol. The van der Waals surface area contributed by atoms with Crippen molar-refractivity contribution < 1.29 is 13.7 Å². The highest BCUT2D eigenvalue weighted by molar-refractivity contribution is 7.85. The molecule has 5 rings (SSSR count). The lowest BCUT2D eigenvalue weighted by Gasteiger charge is -2.30. The Morgan fingerprint density at radius 1 is 0.733 bits per heavy atom. The molecule has 0 spiro atoms. The molecule has 0 bridgehead atoms. The fourth-order valence-electron chi connectivity index (χ4n) is 4.22. The fourth-order valence-corrected chi connectivity index (χ4v) is 5.62. The molecule has 0 N–H and O–H groups in total. The van der Waals surface area contributed by atoms with Crippen LogP contribution in [0.15, 0.2) is 46.2 Å². The Hall–Kier alpha value is -1.89. The Morgan fingerprint density at radius 3 is 1.93 bits per heavy atom. The molecule has 0 aliphatic carbocycles. The maximum atomic E-state index is 13.0. The van der Waals surface area contributed by atoms with Crippen LogP contribution in [0.3, 0.4) is 0 Å². The monoisotopic (exact) mass is 426 g/mol. The zero-order valence-electron chi connectivity index (χ0n) is 17.5. The minimum atomic E-state index is -1.16. The first-order chi connectivity index (χ1) is 14.8. The number of rotatable bonds is 10. The van der Waals surface area contributed by atoms with Crippen LogP contribution in [0.2, 0.25) is 0 Å². The van der Waals surface area contributed by atoms with Crippen LogP contribution in [0.1, 0.15) is 25.7 Å². The smallest absolute Gasteiger partial charge is 0.120 e. The molecule has 0 saturated carbocycles. The van der Waals surface area contributed by atoms with Gasteiger partial charge in [0.1, 0.15) is 11.5 Å². The van der Waals surface area contributed by atoms with E-state index in [0.29, 0.717) is 6.61 Å². The first-order valence-corrected chi connectivity index (χ1v) is 12.3. The summed E-state index contributed by atoms with van der Waals surface area (Å²) >= 11 is 0. The Bertz CT molecular complexity index is 925. The zero-order valence-corrected chi connectivity index (χ0v) is 18.3. The Kier molecular flexibility index (Phi) is 6.07. The molecular formula is C24H30N2O3S. The zero-order chi connectivity index (χ0) is 20.3. The summed E-state index contributed by atoms with van der Waals surface area (Å²) < 4.78 is 24.9. The van der Waals surface area contributed by atoms with Crippen LogP contribution >= 0.6 is 0 Å². The minimum Gasteiger partial charge on any atom is -0.494 e. The molecule has 0 radical (unpaired) electrons. The van der Waals surface area contributed by atoms with Gasteiger partial charge in [-0.05, 0) is 93.8 Å². The Balaban J connectivity index is 1.19. The molecule has 2 aromatic rings. The van der Waals surface area contributed by atoms with Crippen molar-refractivity contribution in [3.8, 4) is 22.6 Å². The second-order valence-electron chi connectivity index (χ2n) is 8.38. The van der Waals surface area contributed by atoms with Crippen LogP contribution in [0.25, 0.3) is 11.1 Å². The standard InChI is InChI=1S/C24H30N2O3S/c27-30-23-8-6-19(28-15-3-13-25-9-1-10-25)17-22(23)21-7-5-20(18-24(21)30)29-16-4-14-26-11-2-12-26/h5-8,17-18H,1-4,9-16H2. The lowest BCUT2D eigenvalue weighted by molar-refractivity contribution is 0.165. The minimum absolute atomic E-state index is 0.699. The number of benzene rings is 2. The van der Waals surface area contributed by atoms with E-state index in [1.165, 1.54) is 39.0 Å². The third kappa shape index (κ3) is 4.27. The van der Waals surface area contributed by atoms with E-state index < -0.39 is 10.8 Å². The quantitative estimate of drug-likeness (QED) is 0.462. The lowest BCUT2D eigenvalue weighted by Crippen LogP contribution is -2.38. The first-order valence-electron chi connectivity index (χ1n) is 11.2. The molecule has 0 aromatic heterocycles. The van der Waals surface area contributed by atoms with Crippen LogP contribution in [0.4, 0.5) is 0 Å². The van der Waals surface area contributed by atoms with Gasteiger partial charge in [0.25, 0.3) is 0 Å². The summed E-state index contributed by atoms with van der Waals surface area (Å²) in [6.45, 7) is 8.53. The molecule has 2 saturated heterocycles. The summed E-state index contributed by atoms with van der Waals surface area (Å²) in [5.41, 5.74) is 2.05. The molecule has 30 heavy (non-hydrogen) atoms. The molecule has 3 aliphatic heterocycles. The van der Waals surface area contributed by atoms with Crippen LogP contribution in [-0.4, -0.2) is 66.5 Å². The first kappa shape index (κ1) is 20.0. The molecule has 1 atom stereocenters. The fraction of sp³-hybridized carbons (Fsp3) is 0.500. The molecule has 3 aliphatic rings. The summed E-state index contributed by atoms with van der Waals surface area (Å²) in [6.07, 6.45) is 4.72. The van der Waals surface area contributed by atoms with Crippen molar-refractivity contribution in [2.24, 2.45) is 0 Å². The largest absolute Gasteiger partial charge is 0.494 e. The van der Waals surface area contributed by atoms with E-state index in [0.717, 1.165) is 65.0 Å². The normalized spacial score (nSPS) is 20.2. The summed E-state index contributed by atoms with van der Waals surface area (Å²) in [4.78, 5) is 6.62. The van der Waals surface area contributed by atoms with E-state index in [9.17, 15) is 4.21 Å². The maximum absolute atomic E-state index is 13.0. The number of fused-ring (bicyclic) bond motifs is 3. The predicted molar refractivity (Wildman–Crippen MR) is 119 cm³/mol. The van der Waals surface area contributed by atoms with Gasteiger partial charge in [-0.15, -0.1) is 0 Å². The van der Waals surface area contributed by atoms with Crippen molar-refractivity contribution in [2.75, 3.05) is 52.5 Å².